The first kappa shape index (κ1) is 15.6. The van der Waals surface area contributed by atoms with Gasteiger partial charge in [0.2, 0.25) is 5.91 Å². The second-order valence-electron chi connectivity index (χ2n) is 4.82. The summed E-state index contributed by atoms with van der Waals surface area (Å²) >= 11 is 0. The van der Waals surface area contributed by atoms with Crippen molar-refractivity contribution in [3.63, 3.8) is 0 Å². The van der Waals surface area contributed by atoms with Gasteiger partial charge >= 0.3 is 0 Å². The number of carbonyl (C=O) groups is 1. The summed E-state index contributed by atoms with van der Waals surface area (Å²) in [4.78, 5) is 13.9. The number of fused-ring (bicyclic) bond motifs is 1. The monoisotopic (exact) mass is 296 g/mol. The Kier molecular flexibility index (Phi) is 5.60. The number of benzene rings is 2. The third kappa shape index (κ3) is 4.12. The Hall–Kier alpha value is -2.75. The molecule has 1 aromatic heterocycles. The number of primary amides is 1. The molecule has 0 saturated carbocycles. The van der Waals surface area contributed by atoms with Crippen molar-refractivity contribution in [3.05, 3.63) is 66.4 Å². The van der Waals surface area contributed by atoms with Gasteiger partial charge < -0.3 is 15.5 Å². The number of hydrogen-bond donors (Lipinski definition) is 2. The molecule has 1 heterocycles. The summed E-state index contributed by atoms with van der Waals surface area (Å²) < 4.78 is 5.30. The van der Waals surface area contributed by atoms with Crippen molar-refractivity contribution in [2.24, 2.45) is 5.73 Å². The fourth-order valence-corrected chi connectivity index (χ4v) is 2.23. The zero-order valence-corrected chi connectivity index (χ0v) is 12.6. The maximum atomic E-state index is 10.8. The number of nitrogens with two attached hydrogens (primary N) is 1. The van der Waals surface area contributed by atoms with E-state index in [1.807, 2.05) is 60.8 Å². The van der Waals surface area contributed by atoms with E-state index in [1.54, 1.807) is 7.11 Å². The van der Waals surface area contributed by atoms with Crippen molar-refractivity contribution in [1.29, 1.82) is 0 Å². The summed E-state index contributed by atoms with van der Waals surface area (Å²) in [6, 6.07) is 17.8. The van der Waals surface area contributed by atoms with Crippen LogP contribution in [-0.2, 0) is 11.2 Å². The van der Waals surface area contributed by atoms with Gasteiger partial charge in [-0.1, -0.05) is 42.5 Å². The molecule has 0 aliphatic heterocycles. The average Bonchev–Trinajstić information content (AvgIpc) is 2.98. The van der Waals surface area contributed by atoms with Crippen molar-refractivity contribution < 1.29 is 9.53 Å². The number of aryl methyl sites for hydroxylation is 1. The summed E-state index contributed by atoms with van der Waals surface area (Å²) in [5.41, 5.74) is 7.22. The molecule has 22 heavy (non-hydrogen) atoms. The van der Waals surface area contributed by atoms with E-state index in [9.17, 15) is 4.79 Å². The van der Waals surface area contributed by atoms with E-state index < -0.39 is 0 Å². The smallest absolute Gasteiger partial charge is 0.217 e. The topological polar surface area (TPSA) is 68.1 Å². The lowest BCUT2D eigenvalue weighted by Gasteiger charge is -2.03. The zero-order chi connectivity index (χ0) is 15.8. The van der Waals surface area contributed by atoms with Crippen molar-refractivity contribution in [1.82, 2.24) is 4.98 Å². The first-order chi connectivity index (χ1) is 10.7. The largest absolute Gasteiger partial charge is 0.496 e. The van der Waals surface area contributed by atoms with Gasteiger partial charge in [-0.2, -0.15) is 0 Å². The highest BCUT2D eigenvalue weighted by Gasteiger charge is 2.09. The Morgan fingerprint density at radius 2 is 1.73 bits per heavy atom. The minimum Gasteiger partial charge on any atom is -0.496 e. The second-order valence-corrected chi connectivity index (χ2v) is 4.82. The molecule has 0 aliphatic rings. The van der Waals surface area contributed by atoms with Crippen LogP contribution in [0.15, 0.2) is 60.8 Å². The van der Waals surface area contributed by atoms with Gasteiger partial charge in [-0.25, -0.2) is 0 Å². The lowest BCUT2D eigenvalue weighted by atomic mass is 10.1. The van der Waals surface area contributed by atoms with Gasteiger partial charge in [0.1, 0.15) is 5.75 Å². The molecule has 0 unspecified atom stereocenters. The highest BCUT2D eigenvalue weighted by atomic mass is 16.5. The van der Waals surface area contributed by atoms with E-state index in [2.05, 4.69) is 4.98 Å². The van der Waals surface area contributed by atoms with E-state index in [1.165, 1.54) is 0 Å². The molecule has 0 aliphatic carbocycles. The Balaban J connectivity index is 0.000000246. The van der Waals surface area contributed by atoms with Crippen LogP contribution in [-0.4, -0.2) is 18.0 Å². The number of nitrogens with one attached hydrogen (secondary N) is 1. The van der Waals surface area contributed by atoms with Crippen LogP contribution in [0.5, 0.6) is 5.75 Å². The molecule has 4 heteroatoms. The third-order valence-corrected chi connectivity index (χ3v) is 3.28. The van der Waals surface area contributed by atoms with Gasteiger partial charge in [0.05, 0.1) is 7.11 Å². The van der Waals surface area contributed by atoms with Crippen molar-refractivity contribution in [2.75, 3.05) is 7.11 Å². The third-order valence-electron chi connectivity index (χ3n) is 3.28. The van der Waals surface area contributed by atoms with Gasteiger partial charge in [0.25, 0.3) is 0 Å². The number of aromatic nitrogens is 1. The van der Waals surface area contributed by atoms with E-state index in [4.69, 9.17) is 10.5 Å². The van der Waals surface area contributed by atoms with Crippen molar-refractivity contribution >= 4 is 16.8 Å². The SMILES string of the molecule is COc1cccc2[nH]cc(CCC(N)=O)c12.c1ccccc1. The van der Waals surface area contributed by atoms with Crippen LogP contribution in [0.4, 0.5) is 0 Å². The summed E-state index contributed by atoms with van der Waals surface area (Å²) in [6.45, 7) is 0. The lowest BCUT2D eigenvalue weighted by Crippen LogP contribution is -2.11. The molecule has 0 atom stereocenters. The summed E-state index contributed by atoms with van der Waals surface area (Å²) in [5.74, 6) is 0.530. The second kappa shape index (κ2) is 7.88. The van der Waals surface area contributed by atoms with Gasteiger partial charge in [-0.3, -0.25) is 4.79 Å². The van der Waals surface area contributed by atoms with E-state index in [0.29, 0.717) is 12.8 Å². The van der Waals surface area contributed by atoms with Gasteiger partial charge in [-0.05, 0) is 24.1 Å². The molecule has 0 saturated heterocycles. The minimum absolute atomic E-state index is 0.288. The van der Waals surface area contributed by atoms with Gasteiger partial charge in [0.15, 0.2) is 0 Å². The quantitative estimate of drug-likeness (QED) is 0.775. The average molecular weight is 296 g/mol. The first-order valence-corrected chi connectivity index (χ1v) is 7.13. The summed E-state index contributed by atoms with van der Waals surface area (Å²) in [7, 11) is 1.64. The first-order valence-electron chi connectivity index (χ1n) is 7.13. The Bertz CT molecular complexity index is 694. The van der Waals surface area contributed by atoms with Crippen LogP contribution >= 0.6 is 0 Å². The molecule has 3 aromatic rings. The lowest BCUT2D eigenvalue weighted by molar-refractivity contribution is -0.117. The molecule has 0 radical (unpaired) electrons. The highest BCUT2D eigenvalue weighted by Crippen LogP contribution is 2.29. The molecule has 114 valence electrons. The molecule has 2 aromatic carbocycles. The zero-order valence-electron chi connectivity index (χ0n) is 12.6. The van der Waals surface area contributed by atoms with Crippen LogP contribution in [0.3, 0.4) is 0 Å². The molecular weight excluding hydrogens is 276 g/mol. The minimum atomic E-state index is -0.288. The number of H-pyrrole nitrogens is 1. The summed E-state index contributed by atoms with van der Waals surface area (Å²) in [5, 5.41) is 1.03. The molecular formula is C18H20N2O2. The number of rotatable bonds is 4. The van der Waals surface area contributed by atoms with Crippen LogP contribution < -0.4 is 10.5 Å². The van der Waals surface area contributed by atoms with Crippen LogP contribution in [0.2, 0.25) is 0 Å². The fraction of sp³-hybridized carbons (Fsp3) is 0.167. The number of aromatic amines is 1. The van der Waals surface area contributed by atoms with Gasteiger partial charge in [0, 0.05) is 23.5 Å². The normalized spacial score (nSPS) is 9.86. The highest BCUT2D eigenvalue weighted by molar-refractivity contribution is 5.89. The Morgan fingerprint density at radius 1 is 1.09 bits per heavy atom. The predicted octanol–water partition coefficient (Wildman–Crippen LogP) is 3.28. The predicted molar refractivity (Wildman–Crippen MR) is 88.8 cm³/mol. The number of methoxy groups -OCH3 is 1. The summed E-state index contributed by atoms with van der Waals surface area (Å²) in [6.07, 6.45) is 2.89. The fourth-order valence-electron chi connectivity index (χ4n) is 2.23. The van der Waals surface area contributed by atoms with Crippen LogP contribution in [0.1, 0.15) is 12.0 Å². The van der Waals surface area contributed by atoms with Gasteiger partial charge in [-0.15, -0.1) is 0 Å². The van der Waals surface area contributed by atoms with Crippen LogP contribution in [0, 0.1) is 0 Å². The number of amides is 1. The molecule has 3 N–H and O–H groups in total. The van der Waals surface area contributed by atoms with Crippen molar-refractivity contribution in [2.45, 2.75) is 12.8 Å². The maximum absolute atomic E-state index is 10.8. The molecule has 1 amide bonds. The van der Waals surface area contributed by atoms with Crippen molar-refractivity contribution in [3.8, 4) is 5.75 Å². The Morgan fingerprint density at radius 3 is 2.27 bits per heavy atom. The molecule has 0 spiro atoms. The molecule has 3 rings (SSSR count). The maximum Gasteiger partial charge on any atom is 0.217 e. The Labute approximate surface area is 129 Å². The number of carbonyl (C=O) groups excluding carboxylic acids is 1. The van der Waals surface area contributed by atoms with E-state index in [0.717, 1.165) is 22.2 Å². The standard InChI is InChI=1S/C12H14N2O2.C6H6/c1-16-10-4-2-3-9-12(10)8(7-14-9)5-6-11(13)15;1-2-4-6-5-3-1/h2-4,7,14H,5-6H2,1H3,(H2,13,15);1-6H. The van der Waals surface area contributed by atoms with Crippen LogP contribution in [0.25, 0.3) is 10.9 Å². The molecule has 4 nitrogen and oxygen atoms in total. The molecule has 0 bridgehead atoms. The number of ether oxygens (including phenoxy) is 1. The van der Waals surface area contributed by atoms with E-state index in [-0.39, 0.29) is 5.91 Å². The molecule has 0 fully saturated rings. The number of hydrogen-bond acceptors (Lipinski definition) is 2. The van der Waals surface area contributed by atoms with E-state index >= 15 is 0 Å².